The summed E-state index contributed by atoms with van der Waals surface area (Å²) >= 11 is 0. The van der Waals surface area contributed by atoms with Crippen LogP contribution in [0.1, 0.15) is 17.0 Å². The van der Waals surface area contributed by atoms with Crippen LogP contribution in [0.3, 0.4) is 0 Å². The average molecular weight is 489 g/mol. The maximum atomic E-state index is 12.8. The highest BCUT2D eigenvalue weighted by molar-refractivity contribution is 7.92. The standard InChI is InChI=1S/C25H24N6O3S/c1-16-9-11-26-23(13-16)30-25-15-24(27-17(2)28-25)29-19-3-5-20(6-4-19)31-35(32,33)21-7-8-22-18(14-21)10-12-34-22/h3-9,11,13-15,31H,10,12H2,1-2H3,(H2,26,27,28,29,30). The van der Waals surface area contributed by atoms with Gasteiger partial charge in [-0.25, -0.2) is 23.4 Å². The molecule has 0 saturated carbocycles. The fraction of sp³-hybridized carbons (Fsp3) is 0.160. The van der Waals surface area contributed by atoms with Crippen molar-refractivity contribution in [2.75, 3.05) is 22.0 Å². The van der Waals surface area contributed by atoms with E-state index >= 15 is 0 Å². The van der Waals surface area contributed by atoms with E-state index in [0.29, 0.717) is 42.0 Å². The summed E-state index contributed by atoms with van der Waals surface area (Å²) in [5.74, 6) is 3.24. The Bertz CT molecular complexity index is 1490. The molecule has 35 heavy (non-hydrogen) atoms. The molecular formula is C25H24N6O3S. The van der Waals surface area contributed by atoms with E-state index in [1.165, 1.54) is 0 Å². The lowest BCUT2D eigenvalue weighted by atomic mass is 10.2. The van der Waals surface area contributed by atoms with Gasteiger partial charge in [0.15, 0.2) is 0 Å². The number of ether oxygens (including phenoxy) is 1. The lowest BCUT2D eigenvalue weighted by Crippen LogP contribution is -2.13. The second kappa shape index (κ2) is 9.22. The quantitative estimate of drug-likeness (QED) is 0.342. The summed E-state index contributed by atoms with van der Waals surface area (Å²) in [5.41, 5.74) is 3.20. The first-order valence-electron chi connectivity index (χ1n) is 11.1. The van der Waals surface area contributed by atoms with Crippen LogP contribution in [0.4, 0.5) is 28.8 Å². The number of fused-ring (bicyclic) bond motifs is 1. The molecule has 0 radical (unpaired) electrons. The SMILES string of the molecule is Cc1ccnc(Nc2cc(Nc3ccc(NS(=O)(=O)c4ccc5c(c4)CCO5)cc3)nc(C)n2)c1. The summed E-state index contributed by atoms with van der Waals surface area (Å²) in [6, 6.07) is 17.5. The third-order valence-corrected chi connectivity index (χ3v) is 6.77. The smallest absolute Gasteiger partial charge is 0.261 e. The molecule has 0 unspecified atom stereocenters. The molecule has 2 aromatic heterocycles. The summed E-state index contributed by atoms with van der Waals surface area (Å²) in [6.45, 7) is 4.38. The molecule has 0 fully saturated rings. The molecule has 4 aromatic rings. The van der Waals surface area contributed by atoms with Gasteiger partial charge in [0.05, 0.1) is 11.5 Å². The predicted octanol–water partition coefficient (Wildman–Crippen LogP) is 4.71. The van der Waals surface area contributed by atoms with Gasteiger partial charge < -0.3 is 15.4 Å². The number of anilines is 5. The number of aryl methyl sites for hydroxylation is 2. The number of hydrogen-bond acceptors (Lipinski definition) is 8. The number of sulfonamides is 1. The first-order valence-corrected chi connectivity index (χ1v) is 12.5. The zero-order chi connectivity index (χ0) is 24.4. The molecule has 1 aliphatic heterocycles. The van der Waals surface area contributed by atoms with E-state index < -0.39 is 10.0 Å². The molecule has 3 N–H and O–H groups in total. The molecular weight excluding hydrogens is 464 g/mol. The Balaban J connectivity index is 1.28. The minimum absolute atomic E-state index is 0.212. The molecule has 0 amide bonds. The second-order valence-corrected chi connectivity index (χ2v) is 9.89. The van der Waals surface area contributed by atoms with Gasteiger partial charge in [0, 0.05) is 30.1 Å². The minimum Gasteiger partial charge on any atom is -0.493 e. The number of rotatable bonds is 7. The highest BCUT2D eigenvalue weighted by Gasteiger charge is 2.19. The van der Waals surface area contributed by atoms with Gasteiger partial charge in [0.25, 0.3) is 10.0 Å². The monoisotopic (exact) mass is 488 g/mol. The van der Waals surface area contributed by atoms with E-state index in [0.717, 1.165) is 22.6 Å². The van der Waals surface area contributed by atoms with Crippen molar-refractivity contribution >= 4 is 38.9 Å². The fourth-order valence-corrected chi connectivity index (χ4v) is 4.85. The van der Waals surface area contributed by atoms with Crippen molar-refractivity contribution in [2.24, 2.45) is 0 Å². The van der Waals surface area contributed by atoms with E-state index in [9.17, 15) is 8.42 Å². The van der Waals surface area contributed by atoms with Crippen LogP contribution in [0, 0.1) is 13.8 Å². The van der Waals surface area contributed by atoms with Crippen molar-refractivity contribution < 1.29 is 13.2 Å². The highest BCUT2D eigenvalue weighted by Crippen LogP contribution is 2.29. The lowest BCUT2D eigenvalue weighted by Gasteiger charge is -2.12. The largest absolute Gasteiger partial charge is 0.493 e. The van der Waals surface area contributed by atoms with Crippen LogP contribution in [0.25, 0.3) is 0 Å². The number of nitrogens with zero attached hydrogens (tertiary/aromatic N) is 3. The molecule has 0 bridgehead atoms. The number of benzene rings is 2. The van der Waals surface area contributed by atoms with Gasteiger partial charge in [-0.1, -0.05) is 0 Å². The van der Waals surface area contributed by atoms with Crippen molar-refractivity contribution in [3.8, 4) is 5.75 Å². The topological polar surface area (TPSA) is 118 Å². The van der Waals surface area contributed by atoms with Crippen molar-refractivity contribution in [1.82, 2.24) is 15.0 Å². The molecule has 9 nitrogen and oxygen atoms in total. The van der Waals surface area contributed by atoms with Crippen molar-refractivity contribution in [1.29, 1.82) is 0 Å². The van der Waals surface area contributed by atoms with Crippen LogP contribution in [0.15, 0.2) is 71.8 Å². The molecule has 0 aliphatic carbocycles. The van der Waals surface area contributed by atoms with Gasteiger partial charge in [-0.05, 0) is 79.6 Å². The van der Waals surface area contributed by atoms with E-state index in [4.69, 9.17) is 4.74 Å². The van der Waals surface area contributed by atoms with Gasteiger partial charge in [-0.15, -0.1) is 0 Å². The van der Waals surface area contributed by atoms with Crippen molar-refractivity contribution in [3.63, 3.8) is 0 Å². The second-order valence-electron chi connectivity index (χ2n) is 8.20. The highest BCUT2D eigenvalue weighted by atomic mass is 32.2. The van der Waals surface area contributed by atoms with Crippen molar-refractivity contribution in [3.05, 3.63) is 83.8 Å². The normalized spacial score (nSPS) is 12.5. The molecule has 178 valence electrons. The van der Waals surface area contributed by atoms with E-state index in [1.807, 2.05) is 26.0 Å². The predicted molar refractivity (Wildman–Crippen MR) is 135 cm³/mol. The Labute approximate surface area is 203 Å². The van der Waals surface area contributed by atoms with Crippen LogP contribution < -0.4 is 20.1 Å². The van der Waals surface area contributed by atoms with Crippen LogP contribution in [0.5, 0.6) is 5.75 Å². The van der Waals surface area contributed by atoms with Crippen LogP contribution >= 0.6 is 0 Å². The molecule has 0 saturated heterocycles. The lowest BCUT2D eigenvalue weighted by molar-refractivity contribution is 0.356. The Kier molecular flexibility index (Phi) is 5.96. The number of nitrogens with one attached hydrogen (secondary N) is 3. The molecule has 0 atom stereocenters. The van der Waals surface area contributed by atoms with Gasteiger partial charge in [-0.2, -0.15) is 0 Å². The molecule has 3 heterocycles. The molecule has 5 rings (SSSR count). The summed E-state index contributed by atoms with van der Waals surface area (Å²) in [4.78, 5) is 13.4. The Morgan fingerprint density at radius 3 is 2.34 bits per heavy atom. The van der Waals surface area contributed by atoms with Crippen LogP contribution in [-0.2, 0) is 16.4 Å². The Morgan fingerprint density at radius 2 is 1.57 bits per heavy atom. The maximum absolute atomic E-state index is 12.8. The van der Waals surface area contributed by atoms with E-state index in [1.54, 1.807) is 54.7 Å². The Hall–Kier alpha value is -4.18. The third kappa shape index (κ3) is 5.33. The van der Waals surface area contributed by atoms with Crippen molar-refractivity contribution in [2.45, 2.75) is 25.2 Å². The van der Waals surface area contributed by atoms with Gasteiger partial charge >= 0.3 is 0 Å². The molecule has 10 heteroatoms. The molecule has 0 spiro atoms. The summed E-state index contributed by atoms with van der Waals surface area (Å²) in [7, 11) is -3.71. The van der Waals surface area contributed by atoms with E-state index in [-0.39, 0.29) is 4.90 Å². The van der Waals surface area contributed by atoms with Gasteiger partial charge in [0.2, 0.25) is 0 Å². The first-order chi connectivity index (χ1) is 16.8. The first kappa shape index (κ1) is 22.6. The summed E-state index contributed by atoms with van der Waals surface area (Å²) in [6.07, 6.45) is 2.44. The summed E-state index contributed by atoms with van der Waals surface area (Å²) < 4.78 is 33.7. The zero-order valence-electron chi connectivity index (χ0n) is 19.2. The third-order valence-electron chi connectivity index (χ3n) is 5.39. The maximum Gasteiger partial charge on any atom is 0.261 e. The zero-order valence-corrected chi connectivity index (χ0v) is 20.1. The minimum atomic E-state index is -3.71. The van der Waals surface area contributed by atoms with Crippen LogP contribution in [0.2, 0.25) is 0 Å². The van der Waals surface area contributed by atoms with E-state index in [2.05, 4.69) is 30.3 Å². The van der Waals surface area contributed by atoms with Crippen LogP contribution in [-0.4, -0.2) is 30.0 Å². The molecule has 1 aliphatic rings. The van der Waals surface area contributed by atoms with Gasteiger partial charge in [-0.3, -0.25) is 4.72 Å². The number of hydrogen-bond donors (Lipinski definition) is 3. The molecule has 2 aromatic carbocycles. The number of pyridine rings is 1. The fourth-order valence-electron chi connectivity index (χ4n) is 3.75. The Morgan fingerprint density at radius 1 is 0.829 bits per heavy atom. The van der Waals surface area contributed by atoms with Gasteiger partial charge in [0.1, 0.15) is 29.0 Å². The average Bonchev–Trinajstić information content (AvgIpc) is 3.28. The summed E-state index contributed by atoms with van der Waals surface area (Å²) in [5, 5.41) is 6.42. The number of aromatic nitrogens is 3.